The van der Waals surface area contributed by atoms with E-state index >= 15 is 0 Å². The molecule has 0 unspecified atom stereocenters. The molecule has 0 saturated carbocycles. The van der Waals surface area contributed by atoms with Crippen molar-refractivity contribution in [3.05, 3.63) is 40.9 Å². The molecule has 1 aliphatic heterocycles. The van der Waals surface area contributed by atoms with Crippen molar-refractivity contribution < 1.29 is 23.9 Å². The summed E-state index contributed by atoms with van der Waals surface area (Å²) in [5, 5.41) is 11.8. The Morgan fingerprint density at radius 1 is 1.28 bits per heavy atom. The van der Waals surface area contributed by atoms with Crippen molar-refractivity contribution in [3.8, 4) is 6.07 Å². The van der Waals surface area contributed by atoms with Crippen molar-refractivity contribution in [1.29, 1.82) is 5.26 Å². The topological polar surface area (TPSA) is 117 Å². The number of hydrogen-bond acceptors (Lipinski definition) is 6. The normalized spacial score (nSPS) is 21.3. The van der Waals surface area contributed by atoms with Crippen LogP contribution in [0.3, 0.4) is 0 Å². The van der Waals surface area contributed by atoms with Gasteiger partial charge in [0.25, 0.3) is 5.91 Å². The summed E-state index contributed by atoms with van der Waals surface area (Å²) in [6.45, 7) is 0.761. The number of amides is 3. The van der Waals surface area contributed by atoms with E-state index in [9.17, 15) is 19.2 Å². The number of fused-ring (bicyclic) bond motifs is 1. The summed E-state index contributed by atoms with van der Waals surface area (Å²) in [6.07, 6.45) is 4.65. The van der Waals surface area contributed by atoms with E-state index in [2.05, 4.69) is 5.32 Å². The molecule has 1 aromatic rings. The first kappa shape index (κ1) is 20.6. The maximum atomic E-state index is 12.5. The van der Waals surface area contributed by atoms with Gasteiger partial charge in [0.2, 0.25) is 11.8 Å². The number of esters is 1. The third-order valence-corrected chi connectivity index (χ3v) is 5.23. The third kappa shape index (κ3) is 4.15. The number of allylic oxidation sites excluding steroid dienone is 2. The molecule has 1 heterocycles. The van der Waals surface area contributed by atoms with Gasteiger partial charge >= 0.3 is 5.97 Å². The van der Waals surface area contributed by atoms with Gasteiger partial charge in [-0.15, -0.1) is 0 Å². The van der Waals surface area contributed by atoms with Crippen molar-refractivity contribution >= 4 is 41.0 Å². The maximum Gasteiger partial charge on any atom is 0.329 e. The molecule has 1 aliphatic carbocycles. The molecule has 3 atom stereocenters. The minimum Gasteiger partial charge on any atom is -0.454 e. The van der Waals surface area contributed by atoms with Crippen LogP contribution in [-0.4, -0.2) is 41.2 Å². The van der Waals surface area contributed by atoms with Gasteiger partial charge < -0.3 is 10.1 Å². The second kappa shape index (κ2) is 8.45. The molecule has 9 heteroatoms. The summed E-state index contributed by atoms with van der Waals surface area (Å²) >= 11 is 5.86. The van der Waals surface area contributed by atoms with E-state index in [0.29, 0.717) is 17.9 Å². The Hall–Kier alpha value is -3.18. The predicted octanol–water partition coefficient (Wildman–Crippen LogP) is 2.03. The molecular formula is C20H18ClN3O5. The lowest BCUT2D eigenvalue weighted by molar-refractivity contribution is -0.159. The first-order valence-electron chi connectivity index (χ1n) is 9.01. The Labute approximate surface area is 172 Å². The Bertz CT molecular complexity index is 926. The van der Waals surface area contributed by atoms with Crippen molar-refractivity contribution in [2.45, 2.75) is 25.8 Å². The number of hydrogen-bond donors (Lipinski definition) is 1. The first-order valence-corrected chi connectivity index (χ1v) is 9.39. The molecule has 1 N–H and O–H groups in total. The van der Waals surface area contributed by atoms with Gasteiger partial charge in [-0.05, 0) is 38.0 Å². The van der Waals surface area contributed by atoms with Crippen molar-refractivity contribution in [1.82, 2.24) is 4.90 Å². The minimum atomic E-state index is -1.13. The van der Waals surface area contributed by atoms with E-state index in [1.54, 1.807) is 0 Å². The van der Waals surface area contributed by atoms with Crippen LogP contribution in [0.5, 0.6) is 0 Å². The number of ether oxygens (including phenoxy) is 1. The van der Waals surface area contributed by atoms with Gasteiger partial charge in [-0.1, -0.05) is 23.8 Å². The Morgan fingerprint density at radius 3 is 2.48 bits per heavy atom. The van der Waals surface area contributed by atoms with Crippen LogP contribution in [0, 0.1) is 23.2 Å². The number of anilines is 1. The molecule has 29 heavy (non-hydrogen) atoms. The molecule has 3 rings (SSSR count). The largest absolute Gasteiger partial charge is 0.454 e. The number of benzene rings is 1. The second-order valence-electron chi connectivity index (χ2n) is 6.84. The standard InChI is InChI=1S/C20H18ClN3O5/c1-11(24-18(26)14-4-2-3-5-15(14)19(24)27)20(28)29-10-17(25)23-16-8-13(21)7-6-12(16)9-22/h2-3,6-8,11,14-15H,4-5,10H2,1H3,(H,23,25)/t11-,14-,15+/m0/s1. The van der Waals surface area contributed by atoms with E-state index in [-0.39, 0.29) is 11.3 Å². The van der Waals surface area contributed by atoms with Crippen molar-refractivity contribution in [2.75, 3.05) is 11.9 Å². The number of imide groups is 1. The maximum absolute atomic E-state index is 12.5. The SMILES string of the molecule is C[C@@H](C(=O)OCC(=O)Nc1cc(Cl)ccc1C#N)N1C(=O)[C@H]2CC=CC[C@H]2C1=O. The van der Waals surface area contributed by atoms with Crippen molar-refractivity contribution in [3.63, 3.8) is 0 Å². The quantitative estimate of drug-likeness (QED) is 0.446. The molecular weight excluding hydrogens is 398 g/mol. The van der Waals surface area contributed by atoms with Crippen LogP contribution in [0.1, 0.15) is 25.3 Å². The number of halogens is 1. The van der Waals surface area contributed by atoms with Gasteiger partial charge in [0, 0.05) is 5.02 Å². The number of rotatable bonds is 5. The molecule has 8 nitrogen and oxygen atoms in total. The Balaban J connectivity index is 1.59. The molecule has 0 radical (unpaired) electrons. The van der Waals surface area contributed by atoms with Crippen LogP contribution >= 0.6 is 11.6 Å². The first-order chi connectivity index (χ1) is 13.8. The number of nitrogens with zero attached hydrogens (tertiary/aromatic N) is 2. The molecule has 0 aromatic heterocycles. The molecule has 2 aliphatic rings. The van der Waals surface area contributed by atoms with Crippen LogP contribution < -0.4 is 5.32 Å². The molecule has 1 fully saturated rings. The van der Waals surface area contributed by atoms with E-state index < -0.39 is 48.2 Å². The van der Waals surface area contributed by atoms with Gasteiger partial charge in [0.1, 0.15) is 12.1 Å². The fourth-order valence-electron chi connectivity index (χ4n) is 3.47. The molecule has 0 bridgehead atoms. The van der Waals surface area contributed by atoms with Crippen LogP contribution in [0.4, 0.5) is 5.69 Å². The molecule has 150 valence electrons. The minimum absolute atomic E-state index is 0.190. The Morgan fingerprint density at radius 2 is 1.90 bits per heavy atom. The molecule has 1 aromatic carbocycles. The lowest BCUT2D eigenvalue weighted by Crippen LogP contribution is -2.45. The summed E-state index contributed by atoms with van der Waals surface area (Å²) in [4.78, 5) is 50.4. The van der Waals surface area contributed by atoms with E-state index in [4.69, 9.17) is 21.6 Å². The van der Waals surface area contributed by atoms with Gasteiger partial charge in [0.15, 0.2) is 6.61 Å². The number of carbonyl (C=O) groups excluding carboxylic acids is 4. The molecule has 3 amide bonds. The van der Waals surface area contributed by atoms with Crippen LogP contribution in [0.15, 0.2) is 30.4 Å². The second-order valence-corrected chi connectivity index (χ2v) is 7.27. The zero-order chi connectivity index (χ0) is 21.1. The van der Waals surface area contributed by atoms with E-state index in [0.717, 1.165) is 4.90 Å². The number of nitriles is 1. The number of carbonyl (C=O) groups is 4. The highest BCUT2D eigenvalue weighted by Crippen LogP contribution is 2.36. The smallest absolute Gasteiger partial charge is 0.329 e. The van der Waals surface area contributed by atoms with Gasteiger partial charge in [0.05, 0.1) is 23.1 Å². The lowest BCUT2D eigenvalue weighted by Gasteiger charge is -2.21. The summed E-state index contributed by atoms with van der Waals surface area (Å²) < 4.78 is 4.98. The van der Waals surface area contributed by atoms with Gasteiger partial charge in [-0.25, -0.2) is 4.79 Å². The fourth-order valence-corrected chi connectivity index (χ4v) is 3.65. The highest BCUT2D eigenvalue weighted by Gasteiger charge is 2.50. The van der Waals surface area contributed by atoms with Gasteiger partial charge in [-0.3, -0.25) is 19.3 Å². The number of nitrogens with one attached hydrogen (secondary N) is 1. The lowest BCUT2D eigenvalue weighted by atomic mass is 9.85. The molecule has 1 saturated heterocycles. The summed E-state index contributed by atoms with van der Waals surface area (Å²) in [5.41, 5.74) is 0.391. The zero-order valence-corrected chi connectivity index (χ0v) is 16.3. The van der Waals surface area contributed by atoms with Crippen molar-refractivity contribution in [2.24, 2.45) is 11.8 Å². The number of likely N-dealkylation sites (tertiary alicyclic amines) is 1. The van der Waals surface area contributed by atoms with Crippen LogP contribution in [0.2, 0.25) is 5.02 Å². The zero-order valence-electron chi connectivity index (χ0n) is 15.6. The van der Waals surface area contributed by atoms with Crippen LogP contribution in [0.25, 0.3) is 0 Å². The monoisotopic (exact) mass is 415 g/mol. The average molecular weight is 416 g/mol. The fraction of sp³-hybridized carbons (Fsp3) is 0.350. The summed E-state index contributed by atoms with van der Waals surface area (Å²) in [6, 6.07) is 5.14. The summed E-state index contributed by atoms with van der Waals surface area (Å²) in [7, 11) is 0. The predicted molar refractivity (Wildman–Crippen MR) is 102 cm³/mol. The third-order valence-electron chi connectivity index (χ3n) is 4.99. The average Bonchev–Trinajstić information content (AvgIpc) is 2.96. The highest BCUT2D eigenvalue weighted by molar-refractivity contribution is 6.31. The van der Waals surface area contributed by atoms with E-state index in [1.165, 1.54) is 25.1 Å². The van der Waals surface area contributed by atoms with E-state index in [1.807, 2.05) is 18.2 Å². The van der Waals surface area contributed by atoms with Crippen LogP contribution in [-0.2, 0) is 23.9 Å². The molecule has 0 spiro atoms. The highest BCUT2D eigenvalue weighted by atomic mass is 35.5. The Kier molecular flexibility index (Phi) is 5.99. The summed E-state index contributed by atoms with van der Waals surface area (Å²) in [5.74, 6) is -3.22. The van der Waals surface area contributed by atoms with Gasteiger partial charge in [-0.2, -0.15) is 5.26 Å².